The van der Waals surface area contributed by atoms with Gasteiger partial charge in [0.1, 0.15) is 6.21 Å². The zero-order chi connectivity index (χ0) is 9.10. The van der Waals surface area contributed by atoms with Gasteiger partial charge in [-0.25, -0.2) is 15.0 Å². The van der Waals surface area contributed by atoms with Crippen molar-refractivity contribution in [2.45, 2.75) is 0 Å². The van der Waals surface area contributed by atoms with Gasteiger partial charge in [-0.15, -0.1) is 0 Å². The van der Waals surface area contributed by atoms with Gasteiger partial charge < -0.3 is 5.21 Å². The Morgan fingerprint density at radius 2 is 2.31 bits per heavy atom. The van der Waals surface area contributed by atoms with Crippen molar-refractivity contribution >= 4 is 17.2 Å². The molecule has 0 fully saturated rings. The van der Waals surface area contributed by atoms with Crippen LogP contribution in [0.25, 0.3) is 11.0 Å². The summed E-state index contributed by atoms with van der Waals surface area (Å²) in [6.45, 7) is 0. The maximum Gasteiger partial charge on any atom is 0.176 e. The van der Waals surface area contributed by atoms with Gasteiger partial charge in [0.15, 0.2) is 11.5 Å². The number of pyridine rings is 1. The number of nitrogens with zero attached hydrogens (tertiary/aromatic N) is 4. The fourth-order valence-electron chi connectivity index (χ4n) is 0.990. The average Bonchev–Trinajstić information content (AvgIpc) is 2.18. The van der Waals surface area contributed by atoms with Crippen LogP contribution < -0.4 is 0 Å². The van der Waals surface area contributed by atoms with E-state index in [1.165, 1.54) is 0 Å². The molecule has 13 heavy (non-hydrogen) atoms. The van der Waals surface area contributed by atoms with Crippen molar-refractivity contribution in [1.29, 1.82) is 0 Å². The second-order valence-corrected chi connectivity index (χ2v) is 2.39. The number of aromatic nitrogens is 3. The molecule has 0 aliphatic heterocycles. The Hall–Kier alpha value is -2.04. The first kappa shape index (κ1) is 7.60. The lowest BCUT2D eigenvalue weighted by molar-refractivity contribution is 0.321. The summed E-state index contributed by atoms with van der Waals surface area (Å²) in [6, 6.07) is 3.67. The van der Waals surface area contributed by atoms with Crippen molar-refractivity contribution < 1.29 is 5.21 Å². The van der Waals surface area contributed by atoms with E-state index in [1.54, 1.807) is 12.4 Å². The van der Waals surface area contributed by atoms with E-state index in [2.05, 4.69) is 20.1 Å². The lowest BCUT2D eigenvalue weighted by Crippen LogP contribution is -1.94. The van der Waals surface area contributed by atoms with E-state index in [9.17, 15) is 0 Å². The van der Waals surface area contributed by atoms with E-state index in [4.69, 9.17) is 5.21 Å². The van der Waals surface area contributed by atoms with E-state index >= 15 is 0 Å². The Balaban J connectivity index is 2.62. The third-order valence-electron chi connectivity index (χ3n) is 1.55. The van der Waals surface area contributed by atoms with Gasteiger partial charge in [-0.1, -0.05) is 5.16 Å². The Morgan fingerprint density at radius 1 is 1.38 bits per heavy atom. The summed E-state index contributed by atoms with van der Waals surface area (Å²) in [7, 11) is 0. The van der Waals surface area contributed by atoms with Crippen molar-refractivity contribution in [3.8, 4) is 0 Å². The monoisotopic (exact) mass is 174 g/mol. The first-order valence-electron chi connectivity index (χ1n) is 3.65. The van der Waals surface area contributed by atoms with Crippen LogP contribution in [0.1, 0.15) is 5.82 Å². The van der Waals surface area contributed by atoms with Crippen molar-refractivity contribution in [1.82, 2.24) is 15.0 Å². The lowest BCUT2D eigenvalue weighted by Gasteiger charge is -1.94. The largest absolute Gasteiger partial charge is 0.411 e. The highest BCUT2D eigenvalue weighted by atomic mass is 16.4. The molecule has 0 spiro atoms. The van der Waals surface area contributed by atoms with Gasteiger partial charge in [-0.2, -0.15) is 0 Å². The van der Waals surface area contributed by atoms with E-state index in [-0.39, 0.29) is 0 Å². The van der Waals surface area contributed by atoms with Gasteiger partial charge in [0, 0.05) is 17.8 Å². The minimum atomic E-state index is 0.341. The van der Waals surface area contributed by atoms with E-state index in [0.717, 1.165) is 11.6 Å². The van der Waals surface area contributed by atoms with Crippen LogP contribution in [0.5, 0.6) is 0 Å². The fourth-order valence-corrected chi connectivity index (χ4v) is 0.990. The first-order valence-corrected chi connectivity index (χ1v) is 3.65. The molecule has 0 aliphatic carbocycles. The molecule has 0 aliphatic rings. The third kappa shape index (κ3) is 1.44. The maximum absolute atomic E-state index is 8.26. The normalized spacial score (nSPS) is 11.1. The van der Waals surface area contributed by atoms with Crippen LogP contribution in [0.4, 0.5) is 0 Å². The van der Waals surface area contributed by atoms with Gasteiger partial charge in [0.2, 0.25) is 0 Å². The number of hydrogen-bond donors (Lipinski definition) is 1. The summed E-state index contributed by atoms with van der Waals surface area (Å²) >= 11 is 0. The number of fused-ring (bicyclic) bond motifs is 1. The molecule has 0 saturated heterocycles. The summed E-state index contributed by atoms with van der Waals surface area (Å²) in [5, 5.41) is 12.0. The molecule has 2 heterocycles. The summed E-state index contributed by atoms with van der Waals surface area (Å²) < 4.78 is 0. The molecule has 0 aromatic carbocycles. The highest BCUT2D eigenvalue weighted by molar-refractivity contribution is 5.79. The predicted molar refractivity (Wildman–Crippen MR) is 46.7 cm³/mol. The molecule has 0 bridgehead atoms. The van der Waals surface area contributed by atoms with Gasteiger partial charge >= 0.3 is 0 Å². The van der Waals surface area contributed by atoms with Gasteiger partial charge in [0.25, 0.3) is 0 Å². The van der Waals surface area contributed by atoms with Crippen molar-refractivity contribution in [2.75, 3.05) is 0 Å². The van der Waals surface area contributed by atoms with Gasteiger partial charge in [0.05, 0.1) is 0 Å². The quantitative estimate of drug-likeness (QED) is 0.395. The number of oxime groups is 1. The predicted octanol–water partition coefficient (Wildman–Crippen LogP) is 0.833. The summed E-state index contributed by atoms with van der Waals surface area (Å²) in [5.74, 6) is 0.341. The van der Waals surface area contributed by atoms with E-state index in [1.807, 2.05) is 12.1 Å². The second-order valence-electron chi connectivity index (χ2n) is 2.39. The Bertz CT molecular complexity index is 455. The number of rotatable bonds is 1. The molecule has 64 valence electrons. The van der Waals surface area contributed by atoms with Crippen LogP contribution in [0.3, 0.4) is 0 Å². The van der Waals surface area contributed by atoms with E-state index < -0.39 is 0 Å². The van der Waals surface area contributed by atoms with Crippen LogP contribution >= 0.6 is 0 Å². The molecule has 5 nitrogen and oxygen atoms in total. The standard InChI is InChI=1S/C8H6N4O/c13-11-5-7-10-4-6-2-1-3-9-8(6)12-7/h1-5,13H. The summed E-state index contributed by atoms with van der Waals surface area (Å²) in [5.41, 5.74) is 0.590. The summed E-state index contributed by atoms with van der Waals surface area (Å²) in [6.07, 6.45) is 4.44. The average molecular weight is 174 g/mol. The Labute approximate surface area is 73.8 Å². The molecule has 0 atom stereocenters. The molecule has 5 heteroatoms. The molecular weight excluding hydrogens is 168 g/mol. The Kier molecular flexibility index (Phi) is 1.84. The molecule has 0 radical (unpaired) electrons. The van der Waals surface area contributed by atoms with Crippen LogP contribution in [0, 0.1) is 0 Å². The molecule has 0 amide bonds. The zero-order valence-corrected chi connectivity index (χ0v) is 6.62. The van der Waals surface area contributed by atoms with E-state index in [0.29, 0.717) is 11.5 Å². The molecular formula is C8H6N4O. The minimum absolute atomic E-state index is 0.341. The van der Waals surface area contributed by atoms with Crippen LogP contribution in [-0.2, 0) is 0 Å². The van der Waals surface area contributed by atoms with Crippen molar-refractivity contribution in [2.24, 2.45) is 5.16 Å². The third-order valence-corrected chi connectivity index (χ3v) is 1.55. The van der Waals surface area contributed by atoms with Gasteiger partial charge in [-0.3, -0.25) is 0 Å². The highest BCUT2D eigenvalue weighted by Gasteiger charge is 1.96. The maximum atomic E-state index is 8.26. The van der Waals surface area contributed by atoms with Gasteiger partial charge in [-0.05, 0) is 12.1 Å². The molecule has 1 N–H and O–H groups in total. The fraction of sp³-hybridized carbons (Fsp3) is 0. The van der Waals surface area contributed by atoms with Crippen molar-refractivity contribution in [3.05, 3.63) is 30.4 Å². The number of hydrogen-bond acceptors (Lipinski definition) is 5. The molecule has 2 rings (SSSR count). The first-order chi connectivity index (χ1) is 6.40. The smallest absolute Gasteiger partial charge is 0.176 e. The Morgan fingerprint density at radius 3 is 3.15 bits per heavy atom. The molecule has 2 aromatic rings. The van der Waals surface area contributed by atoms with Crippen LogP contribution in [0.2, 0.25) is 0 Å². The molecule has 2 aromatic heterocycles. The van der Waals surface area contributed by atoms with Crippen LogP contribution in [-0.4, -0.2) is 26.4 Å². The summed E-state index contributed by atoms with van der Waals surface area (Å²) in [4.78, 5) is 12.0. The molecule has 0 saturated carbocycles. The lowest BCUT2D eigenvalue weighted by atomic mass is 10.3. The van der Waals surface area contributed by atoms with Crippen molar-refractivity contribution in [3.63, 3.8) is 0 Å². The SMILES string of the molecule is ON=Cc1ncc2cccnc2n1. The highest BCUT2D eigenvalue weighted by Crippen LogP contribution is 2.05. The van der Waals surface area contributed by atoms with Crippen LogP contribution in [0.15, 0.2) is 29.7 Å². The minimum Gasteiger partial charge on any atom is -0.411 e. The second kappa shape index (κ2) is 3.14. The topological polar surface area (TPSA) is 71.3 Å². The molecule has 0 unspecified atom stereocenters. The zero-order valence-electron chi connectivity index (χ0n) is 6.62.